The Balaban J connectivity index is 1.57. The normalized spacial score (nSPS) is 13.5. The fourth-order valence-corrected chi connectivity index (χ4v) is 3.33. The van der Waals surface area contributed by atoms with Gasteiger partial charge in [0.15, 0.2) is 0 Å². The Kier molecular flexibility index (Phi) is 4.79. The summed E-state index contributed by atoms with van der Waals surface area (Å²) in [6.45, 7) is 3.75. The lowest BCUT2D eigenvalue weighted by molar-refractivity contribution is -0.118. The Bertz CT molecular complexity index is 1110. The number of methoxy groups -OCH3 is 1. The van der Waals surface area contributed by atoms with E-state index in [1.807, 2.05) is 49.4 Å². The van der Waals surface area contributed by atoms with Crippen LogP contribution in [-0.4, -0.2) is 19.1 Å². The number of anilines is 1. The van der Waals surface area contributed by atoms with Crippen molar-refractivity contribution in [2.75, 3.05) is 12.4 Å². The molecule has 1 amide bonds. The zero-order valence-corrected chi connectivity index (χ0v) is 16.0. The number of hydrogen-bond acceptors (Lipinski definition) is 5. The predicted octanol–water partition coefficient (Wildman–Crippen LogP) is 4.87. The van der Waals surface area contributed by atoms with Crippen LogP contribution in [0.25, 0.3) is 21.9 Å². The van der Waals surface area contributed by atoms with Crippen molar-refractivity contribution in [2.24, 2.45) is 0 Å². The van der Waals surface area contributed by atoms with Crippen molar-refractivity contribution in [1.82, 2.24) is 5.32 Å². The lowest BCUT2D eigenvalue weighted by atomic mass is 10.1. The van der Waals surface area contributed by atoms with E-state index in [4.69, 9.17) is 13.6 Å². The molecule has 0 spiro atoms. The summed E-state index contributed by atoms with van der Waals surface area (Å²) in [5.41, 5.74) is 2.06. The largest absolute Gasteiger partial charge is 0.495 e. The summed E-state index contributed by atoms with van der Waals surface area (Å²) in [7, 11) is 1.58. The number of carbonyl (C=O) groups is 1. The van der Waals surface area contributed by atoms with E-state index in [9.17, 15) is 4.79 Å². The average molecular weight is 378 g/mol. The summed E-state index contributed by atoms with van der Waals surface area (Å²) >= 11 is 0. The monoisotopic (exact) mass is 378 g/mol. The van der Waals surface area contributed by atoms with E-state index in [1.54, 1.807) is 26.4 Å². The fourth-order valence-electron chi connectivity index (χ4n) is 3.33. The van der Waals surface area contributed by atoms with E-state index in [-0.39, 0.29) is 11.9 Å². The van der Waals surface area contributed by atoms with Crippen LogP contribution in [0.2, 0.25) is 0 Å². The second-order valence-electron chi connectivity index (χ2n) is 6.76. The number of carbonyl (C=O) groups excluding carboxylic acids is 1. The van der Waals surface area contributed by atoms with E-state index in [0.717, 1.165) is 22.1 Å². The third-order valence-electron chi connectivity index (χ3n) is 4.82. The second kappa shape index (κ2) is 7.40. The van der Waals surface area contributed by atoms with Gasteiger partial charge < -0.3 is 18.9 Å². The van der Waals surface area contributed by atoms with Gasteiger partial charge in [0.2, 0.25) is 5.91 Å². The van der Waals surface area contributed by atoms with Crippen molar-refractivity contribution in [3.63, 3.8) is 0 Å². The number of rotatable bonds is 6. The highest BCUT2D eigenvalue weighted by atomic mass is 16.5. The highest BCUT2D eigenvalue weighted by Gasteiger charge is 2.20. The third-order valence-corrected chi connectivity index (χ3v) is 4.82. The Labute approximate surface area is 162 Å². The maximum absolute atomic E-state index is 12.7. The van der Waals surface area contributed by atoms with Gasteiger partial charge in [-0.1, -0.05) is 18.2 Å². The van der Waals surface area contributed by atoms with Gasteiger partial charge >= 0.3 is 0 Å². The maximum Gasteiger partial charge on any atom is 0.241 e. The molecule has 6 heteroatoms. The Hall–Kier alpha value is -3.25. The molecule has 0 aliphatic carbocycles. The molecule has 4 aromatic rings. The van der Waals surface area contributed by atoms with Gasteiger partial charge in [0.25, 0.3) is 0 Å². The maximum atomic E-state index is 12.7. The lowest BCUT2D eigenvalue weighted by Gasteiger charge is -2.19. The molecular formula is C22H22N2O4. The molecule has 0 bridgehead atoms. The van der Waals surface area contributed by atoms with Crippen LogP contribution in [0.5, 0.6) is 5.75 Å². The standard InChI is InChI=1S/C22H22N2O4/c1-13(18-9-6-10-27-18)23-14(2)22(25)24-17-12-20-16(11-21(17)26-3)15-7-4-5-8-19(15)28-20/h4-14,23H,1-3H3,(H,24,25)/t13-,14-/m1/s1. The predicted molar refractivity (Wildman–Crippen MR) is 109 cm³/mol. The van der Waals surface area contributed by atoms with Gasteiger partial charge in [0.05, 0.1) is 31.1 Å². The van der Waals surface area contributed by atoms with Gasteiger partial charge in [0, 0.05) is 16.8 Å². The molecule has 2 heterocycles. The van der Waals surface area contributed by atoms with Crippen LogP contribution in [0, 0.1) is 0 Å². The number of furan rings is 2. The minimum Gasteiger partial charge on any atom is -0.495 e. The molecule has 2 atom stereocenters. The first-order valence-electron chi connectivity index (χ1n) is 9.16. The van der Waals surface area contributed by atoms with Gasteiger partial charge in [-0.15, -0.1) is 0 Å². The minimum atomic E-state index is -0.434. The summed E-state index contributed by atoms with van der Waals surface area (Å²) < 4.78 is 16.8. The second-order valence-corrected chi connectivity index (χ2v) is 6.76. The molecule has 0 saturated heterocycles. The van der Waals surface area contributed by atoms with Gasteiger partial charge in [-0.3, -0.25) is 10.1 Å². The fraction of sp³-hybridized carbons (Fsp3) is 0.227. The van der Waals surface area contributed by atoms with E-state index < -0.39 is 6.04 Å². The van der Waals surface area contributed by atoms with Gasteiger partial charge in [0.1, 0.15) is 22.7 Å². The van der Waals surface area contributed by atoms with Crippen molar-refractivity contribution < 1.29 is 18.4 Å². The Morgan fingerprint density at radius 3 is 2.61 bits per heavy atom. The van der Waals surface area contributed by atoms with Crippen LogP contribution >= 0.6 is 0 Å². The molecule has 0 aliphatic rings. The SMILES string of the molecule is COc1cc2c(cc1NC(=O)[C@@H](C)N[C@H](C)c1ccco1)oc1ccccc12. The van der Waals surface area contributed by atoms with Crippen molar-refractivity contribution >= 4 is 33.5 Å². The summed E-state index contributed by atoms with van der Waals surface area (Å²) in [4.78, 5) is 12.7. The molecule has 0 fully saturated rings. The number of amides is 1. The molecule has 144 valence electrons. The molecule has 0 radical (unpaired) electrons. The highest BCUT2D eigenvalue weighted by Crippen LogP contribution is 2.36. The number of para-hydroxylation sites is 1. The van der Waals surface area contributed by atoms with Crippen LogP contribution in [-0.2, 0) is 4.79 Å². The number of nitrogens with one attached hydrogen (secondary N) is 2. The lowest BCUT2D eigenvalue weighted by Crippen LogP contribution is -2.39. The van der Waals surface area contributed by atoms with Crippen molar-refractivity contribution in [3.05, 3.63) is 60.6 Å². The molecule has 0 saturated carbocycles. The first-order chi connectivity index (χ1) is 13.6. The van der Waals surface area contributed by atoms with Crippen LogP contribution in [0.4, 0.5) is 5.69 Å². The number of fused-ring (bicyclic) bond motifs is 3. The summed E-state index contributed by atoms with van der Waals surface area (Å²) in [6.07, 6.45) is 1.62. The number of ether oxygens (including phenoxy) is 1. The van der Waals surface area contributed by atoms with Crippen molar-refractivity contribution in [3.8, 4) is 5.75 Å². The van der Waals surface area contributed by atoms with Gasteiger partial charge in [-0.25, -0.2) is 0 Å². The number of hydrogen-bond donors (Lipinski definition) is 2. The first-order valence-corrected chi connectivity index (χ1v) is 9.16. The van der Waals surface area contributed by atoms with Crippen LogP contribution in [0.3, 0.4) is 0 Å². The average Bonchev–Trinajstić information content (AvgIpc) is 3.35. The summed E-state index contributed by atoms with van der Waals surface area (Å²) in [5.74, 6) is 1.19. The molecule has 28 heavy (non-hydrogen) atoms. The van der Waals surface area contributed by atoms with Crippen LogP contribution in [0.15, 0.2) is 63.6 Å². The van der Waals surface area contributed by atoms with Crippen molar-refractivity contribution in [2.45, 2.75) is 25.9 Å². The molecule has 4 rings (SSSR count). The van der Waals surface area contributed by atoms with E-state index in [0.29, 0.717) is 17.0 Å². The number of benzene rings is 2. The zero-order valence-electron chi connectivity index (χ0n) is 16.0. The minimum absolute atomic E-state index is 0.0875. The topological polar surface area (TPSA) is 76.6 Å². The van der Waals surface area contributed by atoms with Gasteiger partial charge in [-0.2, -0.15) is 0 Å². The molecule has 2 N–H and O–H groups in total. The quantitative estimate of drug-likeness (QED) is 0.501. The van der Waals surface area contributed by atoms with Gasteiger partial charge in [-0.05, 0) is 38.1 Å². The molecule has 6 nitrogen and oxygen atoms in total. The molecule has 0 unspecified atom stereocenters. The summed E-state index contributed by atoms with van der Waals surface area (Å²) in [5, 5.41) is 8.12. The highest BCUT2D eigenvalue weighted by molar-refractivity contribution is 6.08. The first kappa shape index (κ1) is 18.1. The molecule has 0 aliphatic heterocycles. The molecule has 2 aromatic heterocycles. The van der Waals surface area contributed by atoms with Crippen LogP contribution < -0.4 is 15.4 Å². The Morgan fingerprint density at radius 1 is 1.04 bits per heavy atom. The zero-order chi connectivity index (χ0) is 19.7. The summed E-state index contributed by atoms with van der Waals surface area (Å²) in [6, 6.07) is 14.7. The Morgan fingerprint density at radius 2 is 1.86 bits per heavy atom. The van der Waals surface area contributed by atoms with E-state index in [2.05, 4.69) is 10.6 Å². The third kappa shape index (κ3) is 3.34. The van der Waals surface area contributed by atoms with Crippen LogP contribution in [0.1, 0.15) is 25.6 Å². The van der Waals surface area contributed by atoms with E-state index in [1.165, 1.54) is 0 Å². The van der Waals surface area contributed by atoms with Crippen molar-refractivity contribution in [1.29, 1.82) is 0 Å². The molecule has 2 aromatic carbocycles. The van der Waals surface area contributed by atoms with E-state index >= 15 is 0 Å². The molecular weight excluding hydrogens is 356 g/mol. The smallest absolute Gasteiger partial charge is 0.241 e.